The van der Waals surface area contributed by atoms with Gasteiger partial charge in [0.15, 0.2) is 0 Å². The van der Waals surface area contributed by atoms with Crippen LogP contribution in [0, 0.1) is 23.2 Å². The highest BCUT2D eigenvalue weighted by Gasteiger charge is 2.56. The Morgan fingerprint density at radius 2 is 1.60 bits per heavy atom. The number of hydrogen-bond acceptors (Lipinski definition) is 2. The van der Waals surface area contributed by atoms with Crippen molar-refractivity contribution in [2.45, 2.75) is 128 Å². The van der Waals surface area contributed by atoms with E-state index < -0.39 is 18.5 Å². The summed E-state index contributed by atoms with van der Waals surface area (Å²) in [5.41, 5.74) is 3.68. The molecule has 0 N–H and O–H groups in total. The maximum absolute atomic E-state index is 12.9. The van der Waals surface area contributed by atoms with Gasteiger partial charge in [0.25, 0.3) is 0 Å². The highest BCUT2D eigenvalue weighted by molar-refractivity contribution is 7.99. The van der Waals surface area contributed by atoms with Gasteiger partial charge in [0.1, 0.15) is 5.75 Å². The monoisotopic (exact) mass is 588 g/mol. The van der Waals surface area contributed by atoms with Gasteiger partial charge in [0.2, 0.25) is 0 Å². The summed E-state index contributed by atoms with van der Waals surface area (Å²) in [6.45, 7) is 2.58. The average Bonchev–Trinajstić information content (AvgIpc) is 3.31. The zero-order valence-corrected chi connectivity index (χ0v) is 25.3. The molecule has 1 nitrogen and oxygen atoms in total. The van der Waals surface area contributed by atoms with Crippen LogP contribution >= 0.6 is 11.8 Å². The Kier molecular flexibility index (Phi) is 11.2. The number of benzene rings is 1. The summed E-state index contributed by atoms with van der Waals surface area (Å²) in [5.74, 6) is 0.844. The Morgan fingerprint density at radius 3 is 2.33 bits per heavy atom. The maximum atomic E-state index is 12.9. The summed E-state index contributed by atoms with van der Waals surface area (Å²) in [5, 5.41) is 0. The van der Waals surface area contributed by atoms with Crippen molar-refractivity contribution >= 4 is 11.8 Å². The molecule has 0 aromatic heterocycles. The quantitative estimate of drug-likeness (QED) is 0.149. The number of alkyl halides is 5. The van der Waals surface area contributed by atoms with E-state index in [0.29, 0.717) is 11.2 Å². The van der Waals surface area contributed by atoms with Crippen LogP contribution in [0.3, 0.4) is 0 Å². The van der Waals surface area contributed by atoms with Crippen LogP contribution in [0.4, 0.5) is 22.0 Å². The Balaban J connectivity index is 1.13. The molecule has 0 amide bonds. The van der Waals surface area contributed by atoms with Crippen LogP contribution in [0.25, 0.3) is 0 Å². The minimum Gasteiger partial charge on any atom is -0.497 e. The van der Waals surface area contributed by atoms with Crippen LogP contribution in [0.15, 0.2) is 18.2 Å². The molecule has 4 rings (SSSR count). The predicted molar refractivity (Wildman–Crippen MR) is 156 cm³/mol. The van der Waals surface area contributed by atoms with E-state index in [-0.39, 0.29) is 6.42 Å². The second-order valence-corrected chi connectivity index (χ2v) is 14.3. The largest absolute Gasteiger partial charge is 0.497 e. The maximum Gasteiger partial charge on any atom is 0.453 e. The Hall–Kier alpha value is -0.980. The van der Waals surface area contributed by atoms with Crippen LogP contribution in [0.5, 0.6) is 5.75 Å². The minimum absolute atomic E-state index is 0.0983. The van der Waals surface area contributed by atoms with Crippen LogP contribution in [-0.2, 0) is 6.42 Å². The minimum atomic E-state index is -5.43. The van der Waals surface area contributed by atoms with Crippen molar-refractivity contribution in [1.82, 2.24) is 0 Å². The molecule has 2 fully saturated rings. The van der Waals surface area contributed by atoms with E-state index in [0.717, 1.165) is 48.0 Å². The van der Waals surface area contributed by atoms with Crippen LogP contribution in [-0.4, -0.2) is 30.7 Å². The van der Waals surface area contributed by atoms with E-state index in [1.807, 2.05) is 0 Å². The van der Waals surface area contributed by atoms with Gasteiger partial charge < -0.3 is 4.74 Å². The normalized spacial score (nSPS) is 28.2. The standard InChI is InChI=1S/C33H49F5OS/c1-31-17-10-13-29(31)30-24(22-25-23-26(39-2)14-15-27(25)28(30)16-19-31)12-8-6-4-3-5-7-9-20-40-21-11-18-32(34,35)33(36,37)38/h14-15,23-24,28-30H,3-13,16-22H2,1-2H3/t24-,28-,29+,30-,31+/m1/s1. The van der Waals surface area contributed by atoms with E-state index in [1.165, 1.54) is 94.4 Å². The van der Waals surface area contributed by atoms with Crippen molar-refractivity contribution in [1.29, 1.82) is 0 Å². The third kappa shape index (κ3) is 7.69. The van der Waals surface area contributed by atoms with Crippen LogP contribution in [0.2, 0.25) is 0 Å². The molecule has 0 saturated heterocycles. The second-order valence-electron chi connectivity index (χ2n) is 13.1. The first-order valence-electron chi connectivity index (χ1n) is 15.7. The highest BCUT2D eigenvalue weighted by Crippen LogP contribution is 2.62. The molecule has 0 unspecified atom stereocenters. The lowest BCUT2D eigenvalue weighted by Gasteiger charge is -2.52. The summed E-state index contributed by atoms with van der Waals surface area (Å²) in [4.78, 5) is 0. The third-order valence-corrected chi connectivity index (χ3v) is 11.6. The van der Waals surface area contributed by atoms with Crippen molar-refractivity contribution in [2.24, 2.45) is 23.2 Å². The van der Waals surface area contributed by atoms with Crippen molar-refractivity contribution in [3.63, 3.8) is 0 Å². The van der Waals surface area contributed by atoms with E-state index in [9.17, 15) is 22.0 Å². The fourth-order valence-electron chi connectivity index (χ4n) is 8.30. The van der Waals surface area contributed by atoms with E-state index in [1.54, 1.807) is 12.7 Å². The van der Waals surface area contributed by atoms with Gasteiger partial charge in [0.05, 0.1) is 7.11 Å². The molecule has 2 saturated carbocycles. The van der Waals surface area contributed by atoms with Crippen molar-refractivity contribution in [2.75, 3.05) is 18.6 Å². The number of unbranched alkanes of at least 4 members (excludes halogenated alkanes) is 6. The Labute approximate surface area is 242 Å². The molecule has 40 heavy (non-hydrogen) atoms. The number of hydrogen-bond donors (Lipinski definition) is 0. The number of fused-ring (bicyclic) bond motifs is 5. The fourth-order valence-corrected chi connectivity index (χ4v) is 9.26. The van der Waals surface area contributed by atoms with Crippen LogP contribution < -0.4 is 4.74 Å². The van der Waals surface area contributed by atoms with Gasteiger partial charge in [-0.05, 0) is 115 Å². The molecule has 1 aromatic carbocycles. The number of thioether (sulfide) groups is 1. The summed E-state index contributed by atoms with van der Waals surface area (Å²) < 4.78 is 68.0. The molecule has 0 aliphatic heterocycles. The topological polar surface area (TPSA) is 9.23 Å². The van der Waals surface area contributed by atoms with Gasteiger partial charge in [-0.25, -0.2) is 0 Å². The number of methoxy groups -OCH3 is 1. The predicted octanol–water partition coefficient (Wildman–Crippen LogP) is 11.0. The van der Waals surface area contributed by atoms with Gasteiger partial charge in [0, 0.05) is 6.42 Å². The number of ether oxygens (including phenoxy) is 1. The highest BCUT2D eigenvalue weighted by atomic mass is 32.2. The first-order valence-corrected chi connectivity index (χ1v) is 16.9. The molecule has 3 aliphatic carbocycles. The summed E-state index contributed by atoms with van der Waals surface area (Å²) in [6.07, 6.45) is 11.2. The molecule has 0 heterocycles. The molecule has 0 radical (unpaired) electrons. The summed E-state index contributed by atoms with van der Waals surface area (Å²) in [6, 6.07) is 6.83. The van der Waals surface area contributed by atoms with E-state index in [4.69, 9.17) is 4.74 Å². The third-order valence-electron chi connectivity index (χ3n) is 10.4. The van der Waals surface area contributed by atoms with E-state index >= 15 is 0 Å². The molecule has 0 spiro atoms. The summed E-state index contributed by atoms with van der Waals surface area (Å²) in [7, 11) is 1.76. The SMILES string of the molecule is COc1ccc2c(c1)C[C@@H](CCCCCCCCCSCCCC(F)(F)C(F)(F)F)[C@@H]1[C@@H]2CC[C@]2(C)CCC[C@@H]12. The lowest BCUT2D eigenvalue weighted by molar-refractivity contribution is -0.284. The van der Waals surface area contributed by atoms with Gasteiger partial charge in [-0.15, -0.1) is 0 Å². The smallest absolute Gasteiger partial charge is 0.453 e. The fraction of sp³-hybridized carbons (Fsp3) is 0.818. The lowest BCUT2D eigenvalue weighted by Crippen LogP contribution is -2.44. The first kappa shape index (κ1) is 31.9. The zero-order chi connectivity index (χ0) is 28.8. The van der Waals surface area contributed by atoms with Gasteiger partial charge in [-0.1, -0.05) is 57.9 Å². The molecule has 5 atom stereocenters. The van der Waals surface area contributed by atoms with Crippen LogP contribution in [0.1, 0.15) is 120 Å². The lowest BCUT2D eigenvalue weighted by atomic mass is 9.52. The van der Waals surface area contributed by atoms with Crippen molar-refractivity contribution < 1.29 is 26.7 Å². The molecule has 0 bridgehead atoms. The Bertz CT molecular complexity index is 934. The second kappa shape index (κ2) is 14.0. The Morgan fingerprint density at radius 1 is 0.900 bits per heavy atom. The van der Waals surface area contributed by atoms with Crippen molar-refractivity contribution in [3.8, 4) is 5.75 Å². The molecule has 228 valence electrons. The molecule has 3 aliphatic rings. The van der Waals surface area contributed by atoms with Gasteiger partial charge in [-0.3, -0.25) is 0 Å². The first-order chi connectivity index (χ1) is 19.1. The summed E-state index contributed by atoms with van der Waals surface area (Å²) >= 11 is 1.50. The molecule has 1 aromatic rings. The number of halogens is 5. The zero-order valence-electron chi connectivity index (χ0n) is 24.5. The van der Waals surface area contributed by atoms with E-state index in [2.05, 4.69) is 25.1 Å². The average molecular weight is 589 g/mol. The molecule has 7 heteroatoms. The van der Waals surface area contributed by atoms with Crippen molar-refractivity contribution in [3.05, 3.63) is 29.3 Å². The number of rotatable bonds is 15. The van der Waals surface area contributed by atoms with Gasteiger partial charge in [-0.2, -0.15) is 33.7 Å². The molecular weight excluding hydrogens is 539 g/mol. The molecular formula is C33H49F5OS. The van der Waals surface area contributed by atoms with Gasteiger partial charge >= 0.3 is 12.1 Å².